The van der Waals surface area contributed by atoms with Crippen molar-refractivity contribution in [1.82, 2.24) is 24.2 Å². The second-order valence-corrected chi connectivity index (χ2v) is 9.12. The predicted molar refractivity (Wildman–Crippen MR) is 144 cm³/mol. The van der Waals surface area contributed by atoms with Crippen molar-refractivity contribution in [1.29, 1.82) is 0 Å². The second kappa shape index (κ2) is 10.4. The molecule has 0 atom stereocenters. The number of benzene rings is 2. The van der Waals surface area contributed by atoms with Gasteiger partial charge in [0.1, 0.15) is 17.3 Å². The van der Waals surface area contributed by atoms with Crippen molar-refractivity contribution < 1.29 is 19.1 Å². The van der Waals surface area contributed by atoms with E-state index in [2.05, 4.69) is 10.1 Å². The number of carbonyl (C=O) groups is 3. The highest BCUT2D eigenvalue weighted by Gasteiger charge is 2.34. The van der Waals surface area contributed by atoms with Gasteiger partial charge in [0.2, 0.25) is 5.91 Å². The number of primary amides is 1. The van der Waals surface area contributed by atoms with E-state index in [1.165, 1.54) is 4.68 Å². The van der Waals surface area contributed by atoms with Crippen molar-refractivity contribution in [3.8, 4) is 17.1 Å². The normalized spacial score (nSPS) is 12.8. The summed E-state index contributed by atoms with van der Waals surface area (Å²) in [5.74, 6) is 0.433. The van der Waals surface area contributed by atoms with Gasteiger partial charge in [0.05, 0.1) is 19.3 Å². The van der Waals surface area contributed by atoms with E-state index >= 15 is 0 Å². The Morgan fingerprint density at radius 3 is 2.33 bits per heavy atom. The summed E-state index contributed by atoms with van der Waals surface area (Å²) in [5.41, 5.74) is 8.74. The molecule has 0 saturated carbocycles. The van der Waals surface area contributed by atoms with Crippen LogP contribution in [0, 0.1) is 0 Å². The molecule has 0 fully saturated rings. The van der Waals surface area contributed by atoms with Crippen molar-refractivity contribution in [3.63, 3.8) is 0 Å². The first-order valence-corrected chi connectivity index (χ1v) is 12.6. The van der Waals surface area contributed by atoms with E-state index in [1.807, 2.05) is 42.0 Å². The Labute approximate surface area is 225 Å². The fraction of sp³-hybridized carbons (Fsp3) is 0.250. The van der Waals surface area contributed by atoms with E-state index in [0.717, 1.165) is 11.5 Å². The van der Waals surface area contributed by atoms with Gasteiger partial charge in [-0.2, -0.15) is 5.10 Å². The van der Waals surface area contributed by atoms with Crippen molar-refractivity contribution >= 4 is 23.4 Å². The third-order valence-electron chi connectivity index (χ3n) is 6.88. The number of nitrogens with zero attached hydrogens (tertiary/aromatic N) is 6. The molecule has 2 N–H and O–H groups in total. The van der Waals surface area contributed by atoms with Gasteiger partial charge in [-0.25, -0.2) is 9.67 Å². The van der Waals surface area contributed by atoms with E-state index in [1.54, 1.807) is 54.3 Å². The lowest BCUT2D eigenvalue weighted by Gasteiger charge is -2.28. The van der Waals surface area contributed by atoms with Gasteiger partial charge in [-0.05, 0) is 61.9 Å². The molecule has 39 heavy (non-hydrogen) atoms. The highest BCUT2D eigenvalue weighted by molar-refractivity contribution is 6.09. The van der Waals surface area contributed by atoms with Crippen LogP contribution in [-0.2, 0) is 17.8 Å². The SMILES string of the molecule is CCN(Cc1nccn1-c1ccc(N2CCc3c(C(N)=O)nn(-c4ccc(OC)cc4)c3C2=O)cc1)C(C)=O. The number of hydrogen-bond acceptors (Lipinski definition) is 6. The minimum atomic E-state index is -0.674. The lowest BCUT2D eigenvalue weighted by molar-refractivity contribution is -0.129. The zero-order chi connectivity index (χ0) is 27.7. The third kappa shape index (κ3) is 4.74. The largest absolute Gasteiger partial charge is 0.497 e. The molecule has 4 aromatic rings. The number of anilines is 1. The Balaban J connectivity index is 1.45. The van der Waals surface area contributed by atoms with Crippen LogP contribution >= 0.6 is 0 Å². The minimum absolute atomic E-state index is 0.0150. The number of carbonyl (C=O) groups excluding carboxylic acids is 3. The maximum absolute atomic E-state index is 13.8. The molecule has 1 aliphatic heterocycles. The molecule has 11 nitrogen and oxygen atoms in total. The predicted octanol–water partition coefficient (Wildman–Crippen LogP) is 2.74. The zero-order valence-corrected chi connectivity index (χ0v) is 22.0. The summed E-state index contributed by atoms with van der Waals surface area (Å²) < 4.78 is 8.63. The molecule has 2 aromatic carbocycles. The third-order valence-corrected chi connectivity index (χ3v) is 6.88. The van der Waals surface area contributed by atoms with Gasteiger partial charge in [0, 0.05) is 49.3 Å². The number of methoxy groups -OCH3 is 1. The van der Waals surface area contributed by atoms with Crippen LogP contribution in [0.25, 0.3) is 11.4 Å². The number of fused-ring (bicyclic) bond motifs is 1. The Bertz CT molecular complexity index is 1540. The summed E-state index contributed by atoms with van der Waals surface area (Å²) in [7, 11) is 1.57. The van der Waals surface area contributed by atoms with Crippen LogP contribution < -0.4 is 15.4 Å². The summed E-state index contributed by atoms with van der Waals surface area (Å²) in [6.07, 6.45) is 3.97. The molecular weight excluding hydrogens is 498 g/mol. The molecule has 0 radical (unpaired) electrons. The van der Waals surface area contributed by atoms with E-state index in [-0.39, 0.29) is 17.5 Å². The van der Waals surface area contributed by atoms with Crippen LogP contribution in [0.3, 0.4) is 0 Å². The van der Waals surface area contributed by atoms with Crippen LogP contribution in [0.2, 0.25) is 0 Å². The molecule has 0 spiro atoms. The smallest absolute Gasteiger partial charge is 0.277 e. The Morgan fingerprint density at radius 2 is 1.72 bits per heavy atom. The molecule has 3 heterocycles. The standard InChI is InChI=1S/C28H29N7O4/c1-4-32(18(2)36)17-24-30-14-16-33(24)19-5-7-20(8-6-19)34-15-13-23-25(27(29)37)31-35(26(23)28(34)38)21-9-11-22(39-3)12-10-21/h5-12,14,16H,4,13,15,17H2,1-3H3,(H2,29,37). The van der Waals surface area contributed by atoms with Crippen LogP contribution in [0.1, 0.15) is 46.2 Å². The molecule has 0 unspecified atom stereocenters. The molecule has 3 amide bonds. The topological polar surface area (TPSA) is 129 Å². The number of nitrogens with two attached hydrogens (primary N) is 1. The second-order valence-electron chi connectivity index (χ2n) is 9.12. The van der Waals surface area contributed by atoms with Crippen molar-refractivity contribution in [2.24, 2.45) is 5.73 Å². The van der Waals surface area contributed by atoms with Gasteiger partial charge in [0.25, 0.3) is 11.8 Å². The average Bonchev–Trinajstić information content (AvgIpc) is 3.57. The summed E-state index contributed by atoms with van der Waals surface area (Å²) >= 11 is 0. The Hall–Kier alpha value is -4.93. The first-order chi connectivity index (χ1) is 18.8. The van der Waals surface area contributed by atoms with Gasteiger partial charge in [-0.15, -0.1) is 0 Å². The van der Waals surface area contributed by atoms with Gasteiger partial charge in [0.15, 0.2) is 5.69 Å². The molecule has 5 rings (SSSR count). The summed E-state index contributed by atoms with van der Waals surface area (Å²) in [5, 5.41) is 4.41. The van der Waals surface area contributed by atoms with Crippen LogP contribution in [0.5, 0.6) is 5.75 Å². The minimum Gasteiger partial charge on any atom is -0.497 e. The molecule has 0 aliphatic carbocycles. The number of rotatable bonds is 8. The zero-order valence-electron chi connectivity index (χ0n) is 22.0. The molecular formula is C28H29N7O4. The highest BCUT2D eigenvalue weighted by Crippen LogP contribution is 2.30. The highest BCUT2D eigenvalue weighted by atomic mass is 16.5. The van der Waals surface area contributed by atoms with Crippen molar-refractivity contribution in [2.75, 3.05) is 25.1 Å². The quantitative estimate of drug-likeness (QED) is 0.375. The number of amides is 3. The first-order valence-electron chi connectivity index (χ1n) is 12.6. The lowest BCUT2D eigenvalue weighted by atomic mass is 10.0. The van der Waals surface area contributed by atoms with E-state index in [9.17, 15) is 14.4 Å². The molecule has 11 heteroatoms. The van der Waals surface area contributed by atoms with Crippen LogP contribution in [0.15, 0.2) is 60.9 Å². The van der Waals surface area contributed by atoms with Crippen LogP contribution in [0.4, 0.5) is 5.69 Å². The monoisotopic (exact) mass is 527 g/mol. The molecule has 0 saturated heterocycles. The number of ether oxygens (including phenoxy) is 1. The number of imidazole rings is 1. The average molecular weight is 528 g/mol. The van der Waals surface area contributed by atoms with Gasteiger partial charge < -0.3 is 24.8 Å². The number of hydrogen-bond donors (Lipinski definition) is 1. The van der Waals surface area contributed by atoms with Gasteiger partial charge >= 0.3 is 0 Å². The lowest BCUT2D eigenvalue weighted by Crippen LogP contribution is -2.39. The molecule has 1 aliphatic rings. The summed E-state index contributed by atoms with van der Waals surface area (Å²) in [6, 6.07) is 14.6. The first kappa shape index (κ1) is 25.7. The van der Waals surface area contributed by atoms with Gasteiger partial charge in [-0.1, -0.05) is 0 Å². The Kier molecular flexibility index (Phi) is 6.88. The fourth-order valence-corrected chi connectivity index (χ4v) is 4.81. The van der Waals surface area contributed by atoms with Gasteiger partial charge in [-0.3, -0.25) is 14.4 Å². The number of aromatic nitrogens is 4. The molecule has 0 bridgehead atoms. The van der Waals surface area contributed by atoms with E-state index in [4.69, 9.17) is 10.5 Å². The summed E-state index contributed by atoms with van der Waals surface area (Å²) in [4.78, 5) is 45.6. The maximum Gasteiger partial charge on any atom is 0.277 e. The van der Waals surface area contributed by atoms with Crippen molar-refractivity contribution in [3.05, 3.63) is 83.7 Å². The van der Waals surface area contributed by atoms with Crippen LogP contribution in [-0.4, -0.2) is 62.2 Å². The maximum atomic E-state index is 13.8. The fourth-order valence-electron chi connectivity index (χ4n) is 4.81. The van der Waals surface area contributed by atoms with E-state index in [0.29, 0.717) is 54.4 Å². The van der Waals surface area contributed by atoms with E-state index < -0.39 is 5.91 Å². The Morgan fingerprint density at radius 1 is 1.05 bits per heavy atom. The molecule has 2 aromatic heterocycles. The summed E-state index contributed by atoms with van der Waals surface area (Å²) in [6.45, 7) is 4.83. The molecule has 200 valence electrons. The van der Waals surface area contributed by atoms with Crippen molar-refractivity contribution in [2.45, 2.75) is 26.8 Å².